The van der Waals surface area contributed by atoms with E-state index in [1.54, 1.807) is 12.1 Å². The number of allylic oxidation sites excluding steroid dienone is 1. The summed E-state index contributed by atoms with van der Waals surface area (Å²) in [6.07, 6.45) is 0.725. The molecule has 0 radical (unpaired) electrons. The van der Waals surface area contributed by atoms with E-state index in [9.17, 15) is 14.3 Å². The second-order valence-electron chi connectivity index (χ2n) is 7.91. The Bertz CT molecular complexity index is 924. The van der Waals surface area contributed by atoms with Crippen molar-refractivity contribution >= 4 is 23.1 Å². The molecule has 0 spiro atoms. The first-order valence-corrected chi connectivity index (χ1v) is 9.96. The molecule has 0 fully saturated rings. The number of thioether (sulfide) groups is 1. The molecule has 2 aromatic carbocycles. The fourth-order valence-corrected chi connectivity index (χ4v) is 5.31. The van der Waals surface area contributed by atoms with E-state index < -0.39 is 9.49 Å². The highest BCUT2D eigenvalue weighted by atomic mass is 32.2. The number of ketones is 1. The van der Waals surface area contributed by atoms with Crippen molar-refractivity contribution in [3.63, 3.8) is 0 Å². The molecular weight excluding hydrogens is 359 g/mol. The average molecular weight is 385 g/mol. The molecule has 0 atom stereocenters. The lowest BCUT2D eigenvalue weighted by Crippen LogP contribution is -2.41. The Labute approximate surface area is 164 Å². The molecule has 142 valence electrons. The lowest BCUT2D eigenvalue weighted by atomic mass is 9.85. The Kier molecular flexibility index (Phi) is 4.98. The predicted molar refractivity (Wildman–Crippen MR) is 112 cm³/mol. The van der Waals surface area contributed by atoms with Crippen LogP contribution < -0.4 is 0 Å². The van der Waals surface area contributed by atoms with Gasteiger partial charge in [0.2, 0.25) is 0 Å². The highest BCUT2D eigenvalue weighted by molar-refractivity contribution is 8.03. The van der Waals surface area contributed by atoms with Gasteiger partial charge in [-0.15, -0.1) is 11.8 Å². The van der Waals surface area contributed by atoms with Crippen LogP contribution in [0, 0.1) is 5.82 Å². The van der Waals surface area contributed by atoms with Crippen LogP contribution in [0.1, 0.15) is 45.7 Å². The largest absolute Gasteiger partial charge is 0.510 e. The van der Waals surface area contributed by atoms with E-state index >= 15 is 0 Å². The van der Waals surface area contributed by atoms with E-state index in [-0.39, 0.29) is 17.4 Å². The van der Waals surface area contributed by atoms with E-state index in [4.69, 9.17) is 0 Å². The molecule has 0 saturated heterocycles. The molecule has 1 aliphatic rings. The number of hydrogen-bond donors (Lipinski definition) is 1. The minimum Gasteiger partial charge on any atom is -0.510 e. The molecular formula is C23H25FO2S. The summed E-state index contributed by atoms with van der Waals surface area (Å²) in [4.78, 5) is 13.1. The smallest absolute Gasteiger partial charge is 0.182 e. The second-order valence-corrected chi connectivity index (χ2v) is 10.2. The molecule has 0 saturated carbocycles. The van der Waals surface area contributed by atoms with Gasteiger partial charge < -0.3 is 5.11 Å². The number of aliphatic hydroxyl groups is 1. The average Bonchev–Trinajstić information content (AvgIpc) is 2.60. The monoisotopic (exact) mass is 384 g/mol. The number of Topliss-reactive ketones (excluding diaryl/α,β-unsaturated/α-hetero) is 1. The third-order valence-corrected chi connectivity index (χ3v) is 6.42. The van der Waals surface area contributed by atoms with Gasteiger partial charge in [0.15, 0.2) is 5.78 Å². The van der Waals surface area contributed by atoms with Crippen LogP contribution in [-0.2, 0) is 11.2 Å². The Morgan fingerprint density at radius 2 is 1.56 bits per heavy atom. The summed E-state index contributed by atoms with van der Waals surface area (Å²) in [5.41, 5.74) is 4.08. The predicted octanol–water partition coefficient (Wildman–Crippen LogP) is 6.20. The standard InChI is InChI=1S/C23H25FO2S/c1-6-14-13-16(15-7-10-17(24)11-8-15)9-12-18(14)19-20(25)22(2,3)27-23(4,5)21(19)26/h7-13,25H,6H2,1-5H3. The molecule has 3 rings (SSSR count). The molecule has 0 unspecified atom stereocenters. The molecule has 27 heavy (non-hydrogen) atoms. The van der Waals surface area contributed by atoms with Crippen LogP contribution in [0.25, 0.3) is 16.7 Å². The van der Waals surface area contributed by atoms with Gasteiger partial charge in [0, 0.05) is 0 Å². The first kappa shape index (κ1) is 19.7. The van der Waals surface area contributed by atoms with Crippen LogP contribution in [-0.4, -0.2) is 20.4 Å². The van der Waals surface area contributed by atoms with E-state index in [1.807, 2.05) is 52.8 Å². The maximum absolute atomic E-state index is 13.2. The third-order valence-electron chi connectivity index (χ3n) is 5.02. The van der Waals surface area contributed by atoms with Crippen molar-refractivity contribution in [2.45, 2.75) is 50.5 Å². The summed E-state index contributed by atoms with van der Waals surface area (Å²) < 4.78 is 12.1. The van der Waals surface area contributed by atoms with Crippen molar-refractivity contribution in [2.24, 2.45) is 0 Å². The molecule has 0 bridgehead atoms. The Morgan fingerprint density at radius 1 is 0.963 bits per heavy atom. The van der Waals surface area contributed by atoms with E-state index in [2.05, 4.69) is 0 Å². The number of aliphatic hydroxyl groups excluding tert-OH is 1. The maximum Gasteiger partial charge on any atom is 0.182 e. The summed E-state index contributed by atoms with van der Waals surface area (Å²) >= 11 is 1.48. The van der Waals surface area contributed by atoms with Crippen molar-refractivity contribution in [1.29, 1.82) is 0 Å². The maximum atomic E-state index is 13.2. The summed E-state index contributed by atoms with van der Waals surface area (Å²) in [5, 5.41) is 10.9. The van der Waals surface area contributed by atoms with Crippen LogP contribution >= 0.6 is 11.8 Å². The number of hydrogen-bond acceptors (Lipinski definition) is 3. The van der Waals surface area contributed by atoms with Crippen LogP contribution in [0.5, 0.6) is 0 Å². The fourth-order valence-electron chi connectivity index (χ4n) is 3.64. The molecule has 1 aliphatic heterocycles. The van der Waals surface area contributed by atoms with Crippen molar-refractivity contribution in [2.75, 3.05) is 0 Å². The zero-order valence-electron chi connectivity index (χ0n) is 16.4. The van der Waals surface area contributed by atoms with Crippen LogP contribution in [0.2, 0.25) is 0 Å². The summed E-state index contributed by atoms with van der Waals surface area (Å²) in [5.74, 6) is -0.175. The van der Waals surface area contributed by atoms with Gasteiger partial charge >= 0.3 is 0 Å². The lowest BCUT2D eigenvalue weighted by molar-refractivity contribution is -0.115. The third kappa shape index (κ3) is 3.55. The first-order valence-electron chi connectivity index (χ1n) is 9.15. The number of halogens is 1. The van der Waals surface area contributed by atoms with Gasteiger partial charge in [0.25, 0.3) is 0 Å². The van der Waals surface area contributed by atoms with Crippen molar-refractivity contribution in [3.8, 4) is 11.1 Å². The van der Waals surface area contributed by atoms with Gasteiger partial charge in [-0.25, -0.2) is 4.39 Å². The van der Waals surface area contributed by atoms with Gasteiger partial charge in [-0.3, -0.25) is 4.79 Å². The quantitative estimate of drug-likeness (QED) is 0.685. The molecule has 4 heteroatoms. The van der Waals surface area contributed by atoms with Crippen LogP contribution in [0.15, 0.2) is 48.2 Å². The Balaban J connectivity index is 2.16. The number of rotatable bonds is 3. The lowest BCUT2D eigenvalue weighted by Gasteiger charge is -2.39. The van der Waals surface area contributed by atoms with Crippen LogP contribution in [0.3, 0.4) is 0 Å². The zero-order valence-corrected chi connectivity index (χ0v) is 17.2. The molecule has 2 aromatic rings. The second kappa shape index (κ2) is 6.83. The Morgan fingerprint density at radius 3 is 2.15 bits per heavy atom. The van der Waals surface area contributed by atoms with Gasteiger partial charge in [-0.2, -0.15) is 0 Å². The number of carbonyl (C=O) groups excluding carboxylic acids is 1. The molecule has 2 nitrogen and oxygen atoms in total. The minimum atomic E-state index is -0.605. The summed E-state index contributed by atoms with van der Waals surface area (Å²) in [6, 6.07) is 12.2. The summed E-state index contributed by atoms with van der Waals surface area (Å²) in [6.45, 7) is 9.74. The van der Waals surface area contributed by atoms with Crippen molar-refractivity contribution in [3.05, 3.63) is 65.2 Å². The van der Waals surface area contributed by atoms with Crippen molar-refractivity contribution in [1.82, 2.24) is 0 Å². The normalized spacial score (nSPS) is 18.7. The SMILES string of the molecule is CCc1cc(-c2ccc(F)cc2)ccc1C1=C(O)C(C)(C)SC(C)(C)C1=O. The van der Waals surface area contributed by atoms with Gasteiger partial charge in [-0.1, -0.05) is 37.3 Å². The number of benzene rings is 2. The zero-order chi connectivity index (χ0) is 20.0. The van der Waals surface area contributed by atoms with E-state index in [1.165, 1.54) is 23.9 Å². The van der Waals surface area contributed by atoms with Gasteiger partial charge in [0.05, 0.1) is 15.1 Å². The molecule has 0 amide bonds. The molecule has 0 aliphatic carbocycles. The van der Waals surface area contributed by atoms with E-state index in [0.717, 1.165) is 28.7 Å². The number of carbonyl (C=O) groups is 1. The van der Waals surface area contributed by atoms with E-state index in [0.29, 0.717) is 5.57 Å². The highest BCUT2D eigenvalue weighted by Gasteiger charge is 2.46. The summed E-state index contributed by atoms with van der Waals surface area (Å²) in [7, 11) is 0. The topological polar surface area (TPSA) is 37.3 Å². The van der Waals surface area contributed by atoms with Crippen molar-refractivity contribution < 1.29 is 14.3 Å². The minimum absolute atomic E-state index is 0.0476. The Hall–Kier alpha value is -2.07. The molecule has 0 aromatic heterocycles. The van der Waals surface area contributed by atoms with Gasteiger partial charge in [-0.05, 0) is 68.5 Å². The number of aryl methyl sites for hydroxylation is 1. The molecule has 1 heterocycles. The van der Waals surface area contributed by atoms with Gasteiger partial charge in [0.1, 0.15) is 11.6 Å². The molecule has 1 N–H and O–H groups in total. The van der Waals surface area contributed by atoms with Crippen LogP contribution in [0.4, 0.5) is 4.39 Å². The highest BCUT2D eigenvalue weighted by Crippen LogP contribution is 2.50. The first-order chi connectivity index (χ1) is 12.6. The fraction of sp³-hybridized carbons (Fsp3) is 0.348.